The number of carbonyl (C=O) groups is 2. The summed E-state index contributed by atoms with van der Waals surface area (Å²) in [5, 5.41) is 3.10. The van der Waals surface area contributed by atoms with E-state index in [1.54, 1.807) is 6.20 Å². The number of likely N-dealkylation sites (tertiary alicyclic amines) is 1. The number of aryl methyl sites for hydroxylation is 1. The predicted octanol–water partition coefficient (Wildman–Crippen LogP) is 2.42. The summed E-state index contributed by atoms with van der Waals surface area (Å²) in [5.74, 6) is -0.427. The summed E-state index contributed by atoms with van der Waals surface area (Å²) in [4.78, 5) is 31.6. The van der Waals surface area contributed by atoms with E-state index < -0.39 is 5.41 Å². The summed E-state index contributed by atoms with van der Waals surface area (Å²) in [6.45, 7) is 1.42. The average Bonchev–Trinajstić information content (AvgIpc) is 2.74. The number of carbonyl (C=O) groups excluding carboxylic acids is 2. The van der Waals surface area contributed by atoms with Gasteiger partial charge in [-0.2, -0.15) is 0 Å². The first-order valence-corrected chi connectivity index (χ1v) is 10.4. The van der Waals surface area contributed by atoms with Crippen molar-refractivity contribution in [3.05, 3.63) is 59.4 Å². The molecule has 1 aliphatic heterocycles. The molecule has 1 unspecified atom stereocenters. The van der Waals surface area contributed by atoms with Crippen molar-refractivity contribution in [2.24, 2.45) is 5.73 Å². The second-order valence-electron chi connectivity index (χ2n) is 8.17. The number of aromatic nitrogens is 1. The molecule has 4 rings (SSSR count). The second kappa shape index (κ2) is 8.33. The van der Waals surface area contributed by atoms with Gasteiger partial charge in [-0.15, -0.1) is 0 Å². The van der Waals surface area contributed by atoms with Crippen molar-refractivity contribution >= 4 is 17.5 Å². The van der Waals surface area contributed by atoms with Crippen LogP contribution in [0.15, 0.2) is 42.6 Å². The van der Waals surface area contributed by atoms with Crippen LogP contribution in [0, 0.1) is 0 Å². The summed E-state index contributed by atoms with van der Waals surface area (Å²) >= 11 is 0. The normalized spacial score (nSPS) is 21.9. The molecule has 1 aromatic heterocycles. The maximum atomic E-state index is 12.8. The molecule has 1 aliphatic carbocycles. The Morgan fingerprint density at radius 3 is 2.76 bits per heavy atom. The van der Waals surface area contributed by atoms with Crippen molar-refractivity contribution in [2.75, 3.05) is 25.0 Å². The Bertz CT molecular complexity index is 899. The highest BCUT2D eigenvalue weighted by molar-refractivity contribution is 5.93. The number of anilines is 1. The fourth-order valence-corrected chi connectivity index (χ4v) is 4.75. The van der Waals surface area contributed by atoms with Gasteiger partial charge >= 0.3 is 0 Å². The lowest BCUT2D eigenvalue weighted by Crippen LogP contribution is -2.55. The number of pyridine rings is 1. The number of fused-ring (bicyclic) bond motifs is 1. The number of benzene rings is 1. The summed E-state index contributed by atoms with van der Waals surface area (Å²) in [5.41, 5.74) is 9.21. The van der Waals surface area contributed by atoms with Gasteiger partial charge in [0.2, 0.25) is 11.8 Å². The van der Waals surface area contributed by atoms with Crippen molar-refractivity contribution in [3.63, 3.8) is 0 Å². The lowest BCUT2D eigenvalue weighted by Gasteiger charge is -2.40. The van der Waals surface area contributed by atoms with Crippen LogP contribution in [0.25, 0.3) is 0 Å². The third kappa shape index (κ3) is 4.03. The predicted molar refractivity (Wildman–Crippen MR) is 112 cm³/mol. The van der Waals surface area contributed by atoms with Gasteiger partial charge in [0.05, 0.1) is 12.2 Å². The van der Waals surface area contributed by atoms with Crippen LogP contribution in [0.3, 0.4) is 0 Å². The number of hydrogen-bond donors (Lipinski definition) is 2. The molecule has 1 atom stereocenters. The Morgan fingerprint density at radius 1 is 1.10 bits per heavy atom. The first-order chi connectivity index (χ1) is 14.1. The molecule has 1 fully saturated rings. The van der Waals surface area contributed by atoms with Crippen LogP contribution in [-0.2, 0) is 27.8 Å². The van der Waals surface area contributed by atoms with Gasteiger partial charge in [0.25, 0.3) is 0 Å². The van der Waals surface area contributed by atoms with E-state index in [0.29, 0.717) is 18.7 Å². The van der Waals surface area contributed by atoms with Crippen LogP contribution in [0.5, 0.6) is 0 Å². The lowest BCUT2D eigenvalue weighted by molar-refractivity contribution is -0.127. The van der Waals surface area contributed by atoms with Crippen molar-refractivity contribution < 1.29 is 9.59 Å². The second-order valence-corrected chi connectivity index (χ2v) is 8.17. The van der Waals surface area contributed by atoms with Crippen molar-refractivity contribution in [2.45, 2.75) is 43.9 Å². The topological polar surface area (TPSA) is 88.3 Å². The fraction of sp³-hybridized carbons (Fsp3) is 0.435. The zero-order valence-electron chi connectivity index (χ0n) is 16.7. The van der Waals surface area contributed by atoms with E-state index in [0.717, 1.165) is 37.9 Å². The average molecular weight is 393 g/mol. The largest absolute Gasteiger partial charge is 0.369 e. The monoisotopic (exact) mass is 392 g/mol. The van der Waals surface area contributed by atoms with Crippen molar-refractivity contribution in [1.82, 2.24) is 9.88 Å². The molecule has 29 heavy (non-hydrogen) atoms. The number of primary amides is 1. The fourth-order valence-electron chi connectivity index (χ4n) is 4.75. The van der Waals surface area contributed by atoms with E-state index in [1.807, 2.05) is 35.2 Å². The van der Waals surface area contributed by atoms with E-state index in [2.05, 4.69) is 16.4 Å². The van der Waals surface area contributed by atoms with Crippen LogP contribution < -0.4 is 11.1 Å². The number of hydrogen-bond acceptors (Lipinski definition) is 4. The molecule has 2 amide bonds. The number of amides is 2. The minimum absolute atomic E-state index is 0.0507. The molecular weight excluding hydrogens is 364 g/mol. The maximum Gasteiger partial charge on any atom is 0.238 e. The number of nitrogens with one attached hydrogen (secondary N) is 1. The van der Waals surface area contributed by atoms with Gasteiger partial charge in [0.1, 0.15) is 5.41 Å². The molecule has 0 radical (unpaired) electrons. The van der Waals surface area contributed by atoms with E-state index in [9.17, 15) is 9.59 Å². The summed E-state index contributed by atoms with van der Waals surface area (Å²) in [6, 6.07) is 11.7. The van der Waals surface area contributed by atoms with Crippen LogP contribution >= 0.6 is 0 Å². The van der Waals surface area contributed by atoms with Gasteiger partial charge in [-0.3, -0.25) is 19.5 Å². The Hall–Kier alpha value is -2.73. The van der Waals surface area contributed by atoms with Gasteiger partial charge in [0.15, 0.2) is 0 Å². The first kappa shape index (κ1) is 19.6. The molecular formula is C23H28N4O2. The smallest absolute Gasteiger partial charge is 0.238 e. The zero-order chi connectivity index (χ0) is 20.3. The Kier molecular flexibility index (Phi) is 5.62. The highest BCUT2D eigenvalue weighted by atomic mass is 16.2. The van der Waals surface area contributed by atoms with Crippen LogP contribution in [0.4, 0.5) is 5.69 Å². The molecule has 152 valence electrons. The van der Waals surface area contributed by atoms with E-state index in [4.69, 9.17) is 5.73 Å². The van der Waals surface area contributed by atoms with Gasteiger partial charge in [-0.1, -0.05) is 18.2 Å². The van der Waals surface area contributed by atoms with Crippen LogP contribution in [0.2, 0.25) is 0 Å². The standard InChI is InChI=1S/C23H28N4O2/c24-22(29)23(20-11-3-4-13-25-20)12-6-14-27(16-23)15-21(28)26-19-10-5-8-17-7-1-2-9-18(17)19/h3-5,8,10-11,13H,1-2,6-7,9,12,14-16H2,(H2,24,29)(H,26,28). The SMILES string of the molecule is NC(=O)C1(c2ccccn2)CCCN(CC(=O)Nc2cccc3c2CCCC3)C1. The molecule has 1 aromatic carbocycles. The van der Waals surface area contributed by atoms with Crippen molar-refractivity contribution in [3.8, 4) is 0 Å². The van der Waals surface area contributed by atoms with E-state index >= 15 is 0 Å². The Morgan fingerprint density at radius 2 is 1.97 bits per heavy atom. The highest BCUT2D eigenvalue weighted by Crippen LogP contribution is 2.33. The molecule has 2 heterocycles. The Labute approximate surface area is 171 Å². The zero-order valence-corrected chi connectivity index (χ0v) is 16.7. The maximum absolute atomic E-state index is 12.8. The lowest BCUT2D eigenvalue weighted by atomic mass is 9.76. The minimum Gasteiger partial charge on any atom is -0.369 e. The van der Waals surface area contributed by atoms with Gasteiger partial charge in [-0.05, 0) is 74.4 Å². The summed E-state index contributed by atoms with van der Waals surface area (Å²) in [7, 11) is 0. The number of nitrogens with zero attached hydrogens (tertiary/aromatic N) is 2. The molecule has 2 aliphatic rings. The number of rotatable bonds is 5. The minimum atomic E-state index is -0.842. The number of piperidine rings is 1. The van der Waals surface area contributed by atoms with Gasteiger partial charge < -0.3 is 11.1 Å². The van der Waals surface area contributed by atoms with Gasteiger partial charge in [0, 0.05) is 18.4 Å². The van der Waals surface area contributed by atoms with Gasteiger partial charge in [-0.25, -0.2) is 0 Å². The molecule has 0 spiro atoms. The van der Waals surface area contributed by atoms with E-state index in [-0.39, 0.29) is 18.4 Å². The Balaban J connectivity index is 1.47. The molecule has 3 N–H and O–H groups in total. The molecule has 1 saturated heterocycles. The third-order valence-electron chi connectivity index (χ3n) is 6.24. The van der Waals surface area contributed by atoms with Crippen LogP contribution in [-0.4, -0.2) is 41.3 Å². The molecule has 0 saturated carbocycles. The van der Waals surface area contributed by atoms with Crippen LogP contribution in [0.1, 0.15) is 42.5 Å². The molecule has 6 nitrogen and oxygen atoms in total. The third-order valence-corrected chi connectivity index (χ3v) is 6.24. The highest BCUT2D eigenvalue weighted by Gasteiger charge is 2.43. The van der Waals surface area contributed by atoms with Crippen molar-refractivity contribution in [1.29, 1.82) is 0 Å². The summed E-state index contributed by atoms with van der Waals surface area (Å²) in [6.07, 6.45) is 7.61. The quantitative estimate of drug-likeness (QED) is 0.818. The molecule has 6 heteroatoms. The first-order valence-electron chi connectivity index (χ1n) is 10.4. The number of nitrogens with two attached hydrogens (primary N) is 1. The summed E-state index contributed by atoms with van der Waals surface area (Å²) < 4.78 is 0. The molecule has 2 aromatic rings. The molecule has 0 bridgehead atoms. The van der Waals surface area contributed by atoms with E-state index in [1.165, 1.54) is 17.5 Å².